The normalized spacial score (nSPS) is 14.8. The minimum atomic E-state index is -1.23. The second-order valence-electron chi connectivity index (χ2n) is 3.98. The predicted molar refractivity (Wildman–Crippen MR) is 62.9 cm³/mol. The lowest BCUT2D eigenvalue weighted by atomic mass is 10.1. The summed E-state index contributed by atoms with van der Waals surface area (Å²) in [5.41, 5.74) is -0.718. The third kappa shape index (κ3) is 2.63. The molecule has 0 amide bonds. The number of nitrogens with one attached hydrogen (secondary N) is 2. The predicted octanol–water partition coefficient (Wildman–Crippen LogP) is 0.161. The summed E-state index contributed by atoms with van der Waals surface area (Å²) in [6.07, 6.45) is 1.56. The van der Waals surface area contributed by atoms with Gasteiger partial charge in [0.05, 0.1) is 18.2 Å². The molecule has 0 aliphatic heterocycles. The molecule has 0 aromatic carbocycles. The van der Waals surface area contributed by atoms with Gasteiger partial charge in [-0.1, -0.05) is 0 Å². The van der Waals surface area contributed by atoms with E-state index in [1.165, 1.54) is 6.92 Å². The van der Waals surface area contributed by atoms with Crippen LogP contribution in [0, 0.1) is 0 Å². The third-order valence-corrected chi connectivity index (χ3v) is 2.43. The first kappa shape index (κ1) is 12.0. The van der Waals surface area contributed by atoms with Crippen molar-refractivity contribution in [3.05, 3.63) is 11.5 Å². The molecule has 0 fully saturated rings. The number of anilines is 1. The van der Waals surface area contributed by atoms with E-state index in [0.29, 0.717) is 16.9 Å². The summed E-state index contributed by atoms with van der Waals surface area (Å²) in [5, 5.41) is 28.7. The van der Waals surface area contributed by atoms with E-state index in [0.717, 1.165) is 0 Å². The van der Waals surface area contributed by atoms with Crippen LogP contribution in [0.2, 0.25) is 5.28 Å². The smallest absolute Gasteiger partial charge is 0.226 e. The van der Waals surface area contributed by atoms with Crippen LogP contribution in [-0.4, -0.2) is 49.1 Å². The molecule has 2 heterocycles. The Morgan fingerprint density at radius 1 is 1.53 bits per heavy atom. The van der Waals surface area contributed by atoms with Gasteiger partial charge in [0.15, 0.2) is 5.65 Å². The maximum absolute atomic E-state index is 9.66. The van der Waals surface area contributed by atoms with Crippen LogP contribution in [0.5, 0.6) is 0 Å². The van der Waals surface area contributed by atoms with Crippen LogP contribution < -0.4 is 5.32 Å². The molecule has 0 aliphatic rings. The van der Waals surface area contributed by atoms with Gasteiger partial charge in [-0.25, -0.2) is 0 Å². The van der Waals surface area contributed by atoms with Crippen LogP contribution in [-0.2, 0) is 0 Å². The number of hydrogen-bond acceptors (Lipinski definition) is 6. The molecule has 4 N–H and O–H groups in total. The summed E-state index contributed by atoms with van der Waals surface area (Å²) < 4.78 is 0. The van der Waals surface area contributed by atoms with E-state index in [1.54, 1.807) is 6.20 Å². The molecule has 0 saturated heterocycles. The van der Waals surface area contributed by atoms with E-state index >= 15 is 0 Å². The van der Waals surface area contributed by atoms with Crippen molar-refractivity contribution in [2.75, 3.05) is 18.5 Å². The number of rotatable bonds is 4. The molecule has 7 nitrogen and oxygen atoms in total. The fourth-order valence-electron chi connectivity index (χ4n) is 1.27. The summed E-state index contributed by atoms with van der Waals surface area (Å²) in [7, 11) is 0. The molecule has 92 valence electrons. The number of halogens is 1. The molecule has 8 heteroatoms. The van der Waals surface area contributed by atoms with Gasteiger partial charge in [-0.2, -0.15) is 15.1 Å². The fourth-order valence-corrected chi connectivity index (χ4v) is 1.44. The maximum Gasteiger partial charge on any atom is 0.226 e. The van der Waals surface area contributed by atoms with E-state index in [4.69, 9.17) is 16.7 Å². The molecule has 0 spiro atoms. The molecular formula is C9H12ClN5O2. The van der Waals surface area contributed by atoms with Gasteiger partial charge in [0.1, 0.15) is 11.4 Å². The zero-order chi connectivity index (χ0) is 12.5. The minimum absolute atomic E-state index is 0.0768. The summed E-state index contributed by atoms with van der Waals surface area (Å²) in [6, 6.07) is 0. The van der Waals surface area contributed by atoms with Crippen molar-refractivity contribution in [3.63, 3.8) is 0 Å². The van der Waals surface area contributed by atoms with Crippen molar-refractivity contribution in [3.8, 4) is 0 Å². The molecule has 1 atom stereocenters. The molecular weight excluding hydrogens is 246 g/mol. The van der Waals surface area contributed by atoms with Crippen LogP contribution in [0.15, 0.2) is 6.20 Å². The van der Waals surface area contributed by atoms with Gasteiger partial charge >= 0.3 is 0 Å². The second-order valence-corrected chi connectivity index (χ2v) is 4.32. The Labute approximate surface area is 102 Å². The molecule has 2 rings (SSSR count). The zero-order valence-corrected chi connectivity index (χ0v) is 9.86. The van der Waals surface area contributed by atoms with E-state index in [9.17, 15) is 5.11 Å². The minimum Gasteiger partial charge on any atom is -0.393 e. The Bertz CT molecular complexity index is 527. The first-order valence-electron chi connectivity index (χ1n) is 4.95. The summed E-state index contributed by atoms with van der Waals surface area (Å²) in [5.74, 6) is 0.461. The molecule has 0 radical (unpaired) electrons. The zero-order valence-electron chi connectivity index (χ0n) is 9.11. The average Bonchev–Trinajstić information content (AvgIpc) is 2.73. The van der Waals surface area contributed by atoms with Gasteiger partial charge in [-0.05, 0) is 18.5 Å². The maximum atomic E-state index is 9.66. The molecule has 0 bridgehead atoms. The first-order valence-corrected chi connectivity index (χ1v) is 5.33. The van der Waals surface area contributed by atoms with E-state index in [1.807, 2.05) is 0 Å². The highest BCUT2D eigenvalue weighted by atomic mass is 35.5. The van der Waals surface area contributed by atoms with E-state index in [2.05, 4.69) is 25.5 Å². The molecule has 0 saturated carbocycles. The van der Waals surface area contributed by atoms with Crippen molar-refractivity contribution >= 4 is 28.5 Å². The van der Waals surface area contributed by atoms with Crippen LogP contribution in [0.25, 0.3) is 11.0 Å². The third-order valence-electron chi connectivity index (χ3n) is 2.26. The van der Waals surface area contributed by atoms with Gasteiger partial charge in [-0.3, -0.25) is 5.10 Å². The summed E-state index contributed by atoms with van der Waals surface area (Å²) in [6.45, 7) is 1.29. The topological polar surface area (TPSA) is 107 Å². The molecule has 2 aromatic rings. The largest absolute Gasteiger partial charge is 0.393 e. The van der Waals surface area contributed by atoms with Crippen molar-refractivity contribution in [2.45, 2.75) is 12.5 Å². The van der Waals surface area contributed by atoms with Crippen molar-refractivity contribution in [1.29, 1.82) is 0 Å². The number of aliphatic hydroxyl groups excluding tert-OH is 1. The Balaban J connectivity index is 2.26. The standard InChI is InChI=1S/C9H12ClN5O2/c1-9(17,4-16)3-11-6-5-2-12-15-7(5)14-8(10)13-6/h2,16-17H,3-4H2,1H3,(H2,11,12,13,14,15). The van der Waals surface area contributed by atoms with Crippen molar-refractivity contribution < 1.29 is 10.2 Å². The highest BCUT2D eigenvalue weighted by Crippen LogP contribution is 2.20. The molecule has 2 aromatic heterocycles. The number of nitrogens with zero attached hydrogens (tertiary/aromatic N) is 3. The average molecular weight is 258 g/mol. The van der Waals surface area contributed by atoms with E-state index in [-0.39, 0.29) is 18.4 Å². The van der Waals surface area contributed by atoms with Crippen molar-refractivity contribution in [2.24, 2.45) is 0 Å². The Morgan fingerprint density at radius 2 is 2.29 bits per heavy atom. The Morgan fingerprint density at radius 3 is 3.00 bits per heavy atom. The lowest BCUT2D eigenvalue weighted by Gasteiger charge is -2.21. The lowest BCUT2D eigenvalue weighted by molar-refractivity contribution is 0.0132. The number of aliphatic hydroxyl groups is 2. The van der Waals surface area contributed by atoms with Gasteiger partial charge in [0.25, 0.3) is 0 Å². The van der Waals surface area contributed by atoms with E-state index < -0.39 is 5.60 Å². The first-order chi connectivity index (χ1) is 8.02. The van der Waals surface area contributed by atoms with Gasteiger partial charge in [0, 0.05) is 6.54 Å². The monoisotopic (exact) mass is 257 g/mol. The number of aromatic nitrogens is 4. The summed E-state index contributed by atoms with van der Waals surface area (Å²) in [4.78, 5) is 7.95. The number of aromatic amines is 1. The van der Waals surface area contributed by atoms with Crippen LogP contribution in [0.4, 0.5) is 5.82 Å². The van der Waals surface area contributed by atoms with Crippen LogP contribution in [0.1, 0.15) is 6.92 Å². The van der Waals surface area contributed by atoms with Crippen LogP contribution >= 0.6 is 11.6 Å². The Hall–Kier alpha value is -1.44. The van der Waals surface area contributed by atoms with Crippen LogP contribution in [0.3, 0.4) is 0 Å². The highest BCUT2D eigenvalue weighted by Gasteiger charge is 2.19. The lowest BCUT2D eigenvalue weighted by Crippen LogP contribution is -2.37. The van der Waals surface area contributed by atoms with Gasteiger partial charge in [-0.15, -0.1) is 0 Å². The number of H-pyrrole nitrogens is 1. The highest BCUT2D eigenvalue weighted by molar-refractivity contribution is 6.28. The second kappa shape index (κ2) is 4.44. The van der Waals surface area contributed by atoms with Gasteiger partial charge in [0.2, 0.25) is 5.28 Å². The number of fused-ring (bicyclic) bond motifs is 1. The van der Waals surface area contributed by atoms with Crippen molar-refractivity contribution in [1.82, 2.24) is 20.2 Å². The number of hydrogen-bond donors (Lipinski definition) is 4. The summed E-state index contributed by atoms with van der Waals surface area (Å²) >= 11 is 5.74. The molecule has 17 heavy (non-hydrogen) atoms. The Kier molecular flexibility index (Phi) is 3.14. The quantitative estimate of drug-likeness (QED) is 0.582. The molecule has 1 unspecified atom stereocenters. The molecule has 0 aliphatic carbocycles. The van der Waals surface area contributed by atoms with Gasteiger partial charge < -0.3 is 15.5 Å². The SMILES string of the molecule is CC(O)(CO)CNc1nc(Cl)nc2[nH]ncc12. The fraction of sp³-hybridized carbons (Fsp3) is 0.444.